The molecular weight excluding hydrogens is 396 g/mol. The van der Waals surface area contributed by atoms with E-state index in [9.17, 15) is 9.59 Å². The van der Waals surface area contributed by atoms with Crippen LogP contribution in [0.15, 0.2) is 84.9 Å². The minimum absolute atomic E-state index is 0.0124. The highest BCUT2D eigenvalue weighted by molar-refractivity contribution is 5.88. The van der Waals surface area contributed by atoms with Crippen molar-refractivity contribution in [2.45, 2.75) is 45.7 Å². The minimum Gasteiger partial charge on any atom is -0.355 e. The quantitative estimate of drug-likeness (QED) is 0.509. The van der Waals surface area contributed by atoms with E-state index in [-0.39, 0.29) is 11.8 Å². The van der Waals surface area contributed by atoms with Gasteiger partial charge in [-0.05, 0) is 37.0 Å². The van der Waals surface area contributed by atoms with Crippen molar-refractivity contribution in [3.05, 3.63) is 107 Å². The number of carbonyl (C=O) groups is 2. The second kappa shape index (κ2) is 11.8. The Morgan fingerprint density at radius 2 is 1.41 bits per heavy atom. The third kappa shape index (κ3) is 6.81. The standard InChI is InChI=1S/C28H32N2O2/c1-3-29-28(32)26(20-24-12-8-5-9-13-24)30(21-25-16-14-22(2)15-17-25)27(31)19-18-23-10-6-4-7-11-23/h4-17,26H,3,18-21H2,1-2H3,(H,29,32). The molecular formula is C28H32N2O2. The molecule has 166 valence electrons. The van der Waals surface area contributed by atoms with Gasteiger partial charge < -0.3 is 10.2 Å². The number of hydrogen-bond donors (Lipinski definition) is 1. The molecule has 3 rings (SSSR count). The highest BCUT2D eigenvalue weighted by Crippen LogP contribution is 2.17. The van der Waals surface area contributed by atoms with Gasteiger partial charge in [0.25, 0.3) is 0 Å². The number of likely N-dealkylation sites (N-methyl/N-ethyl adjacent to an activating group) is 1. The first-order valence-corrected chi connectivity index (χ1v) is 11.3. The molecule has 0 heterocycles. The van der Waals surface area contributed by atoms with Crippen LogP contribution in [0, 0.1) is 6.92 Å². The lowest BCUT2D eigenvalue weighted by atomic mass is 10.0. The smallest absolute Gasteiger partial charge is 0.243 e. The monoisotopic (exact) mass is 428 g/mol. The van der Waals surface area contributed by atoms with Crippen molar-refractivity contribution < 1.29 is 9.59 Å². The molecule has 1 atom stereocenters. The second-order valence-corrected chi connectivity index (χ2v) is 8.09. The highest BCUT2D eigenvalue weighted by Gasteiger charge is 2.29. The van der Waals surface area contributed by atoms with E-state index in [0.29, 0.717) is 32.4 Å². The highest BCUT2D eigenvalue weighted by atomic mass is 16.2. The molecule has 0 saturated heterocycles. The molecule has 1 N–H and O–H groups in total. The lowest BCUT2D eigenvalue weighted by Crippen LogP contribution is -2.50. The summed E-state index contributed by atoms with van der Waals surface area (Å²) in [5.74, 6) is -0.127. The molecule has 0 saturated carbocycles. The Balaban J connectivity index is 1.87. The number of nitrogens with zero attached hydrogens (tertiary/aromatic N) is 1. The van der Waals surface area contributed by atoms with Gasteiger partial charge in [0.15, 0.2) is 0 Å². The van der Waals surface area contributed by atoms with Gasteiger partial charge in [-0.3, -0.25) is 9.59 Å². The summed E-state index contributed by atoms with van der Waals surface area (Å²) in [6.07, 6.45) is 1.49. The Kier molecular flexibility index (Phi) is 8.61. The molecule has 0 radical (unpaired) electrons. The van der Waals surface area contributed by atoms with E-state index in [4.69, 9.17) is 0 Å². The molecule has 0 aliphatic heterocycles. The van der Waals surface area contributed by atoms with Crippen LogP contribution in [-0.2, 0) is 29.0 Å². The normalized spacial score (nSPS) is 11.6. The van der Waals surface area contributed by atoms with Gasteiger partial charge in [-0.25, -0.2) is 0 Å². The molecule has 1 unspecified atom stereocenters. The van der Waals surface area contributed by atoms with Crippen LogP contribution in [0.4, 0.5) is 0 Å². The van der Waals surface area contributed by atoms with E-state index in [1.165, 1.54) is 5.56 Å². The largest absolute Gasteiger partial charge is 0.355 e. The molecule has 0 aliphatic carbocycles. The van der Waals surface area contributed by atoms with Crippen molar-refractivity contribution in [2.75, 3.05) is 6.54 Å². The predicted octanol–water partition coefficient (Wildman–Crippen LogP) is 4.70. The lowest BCUT2D eigenvalue weighted by molar-refractivity contribution is -0.141. The van der Waals surface area contributed by atoms with Crippen molar-refractivity contribution in [1.29, 1.82) is 0 Å². The summed E-state index contributed by atoms with van der Waals surface area (Å²) in [5.41, 5.74) is 4.34. The Bertz CT molecular complexity index is 985. The van der Waals surface area contributed by atoms with Crippen LogP contribution >= 0.6 is 0 Å². The van der Waals surface area contributed by atoms with Crippen molar-refractivity contribution in [3.8, 4) is 0 Å². The number of rotatable bonds is 10. The van der Waals surface area contributed by atoms with Gasteiger partial charge in [0.1, 0.15) is 6.04 Å². The van der Waals surface area contributed by atoms with Gasteiger partial charge >= 0.3 is 0 Å². The summed E-state index contributed by atoms with van der Waals surface area (Å²) in [5, 5.41) is 2.94. The first-order chi connectivity index (χ1) is 15.6. The average molecular weight is 429 g/mol. The fourth-order valence-corrected chi connectivity index (χ4v) is 3.78. The average Bonchev–Trinajstić information content (AvgIpc) is 2.82. The Morgan fingerprint density at radius 1 is 0.812 bits per heavy atom. The van der Waals surface area contributed by atoms with Gasteiger partial charge in [-0.2, -0.15) is 0 Å². The minimum atomic E-state index is -0.568. The van der Waals surface area contributed by atoms with Crippen LogP contribution < -0.4 is 5.32 Å². The number of benzene rings is 3. The molecule has 0 aliphatic rings. The number of amides is 2. The number of carbonyl (C=O) groups excluding carboxylic acids is 2. The van der Waals surface area contributed by atoms with E-state index in [2.05, 4.69) is 5.32 Å². The molecule has 0 spiro atoms. The van der Waals surface area contributed by atoms with Crippen molar-refractivity contribution in [2.24, 2.45) is 0 Å². The molecule has 4 nitrogen and oxygen atoms in total. The molecule has 3 aromatic rings. The van der Waals surface area contributed by atoms with Crippen LogP contribution in [0.3, 0.4) is 0 Å². The number of hydrogen-bond acceptors (Lipinski definition) is 2. The van der Waals surface area contributed by atoms with Crippen LogP contribution in [0.5, 0.6) is 0 Å². The van der Waals surface area contributed by atoms with Gasteiger partial charge in [-0.15, -0.1) is 0 Å². The Morgan fingerprint density at radius 3 is 2.00 bits per heavy atom. The fourth-order valence-electron chi connectivity index (χ4n) is 3.78. The zero-order chi connectivity index (χ0) is 22.8. The van der Waals surface area contributed by atoms with Gasteiger partial charge in [0.2, 0.25) is 11.8 Å². The second-order valence-electron chi connectivity index (χ2n) is 8.09. The topological polar surface area (TPSA) is 49.4 Å². The molecule has 3 aromatic carbocycles. The van der Waals surface area contributed by atoms with Gasteiger partial charge in [0.05, 0.1) is 0 Å². The third-order valence-corrected chi connectivity index (χ3v) is 5.57. The summed E-state index contributed by atoms with van der Waals surface area (Å²) in [7, 11) is 0. The summed E-state index contributed by atoms with van der Waals surface area (Å²) in [4.78, 5) is 28.3. The number of aryl methyl sites for hydroxylation is 2. The third-order valence-electron chi connectivity index (χ3n) is 5.57. The molecule has 32 heavy (non-hydrogen) atoms. The maximum atomic E-state index is 13.5. The zero-order valence-electron chi connectivity index (χ0n) is 19.0. The Labute approximate surface area is 191 Å². The van der Waals surface area contributed by atoms with E-state index in [1.807, 2.05) is 98.8 Å². The summed E-state index contributed by atoms with van der Waals surface area (Å²) in [6.45, 7) is 4.88. The van der Waals surface area contributed by atoms with Crippen molar-refractivity contribution in [1.82, 2.24) is 10.2 Å². The summed E-state index contributed by atoms with van der Waals surface area (Å²) >= 11 is 0. The summed E-state index contributed by atoms with van der Waals surface area (Å²) < 4.78 is 0. The van der Waals surface area contributed by atoms with E-state index in [1.54, 1.807) is 4.90 Å². The maximum absolute atomic E-state index is 13.5. The van der Waals surface area contributed by atoms with Crippen LogP contribution in [0.2, 0.25) is 0 Å². The number of nitrogens with one attached hydrogen (secondary N) is 1. The predicted molar refractivity (Wildman–Crippen MR) is 129 cm³/mol. The molecule has 2 amide bonds. The molecule has 4 heteroatoms. The van der Waals surface area contributed by atoms with Crippen molar-refractivity contribution >= 4 is 11.8 Å². The van der Waals surface area contributed by atoms with Gasteiger partial charge in [-0.1, -0.05) is 90.5 Å². The zero-order valence-corrected chi connectivity index (χ0v) is 19.0. The summed E-state index contributed by atoms with van der Waals surface area (Å²) in [6, 6.07) is 27.5. The van der Waals surface area contributed by atoms with E-state index < -0.39 is 6.04 Å². The molecule has 0 bridgehead atoms. The lowest BCUT2D eigenvalue weighted by Gasteiger charge is -2.31. The molecule has 0 fully saturated rings. The molecule has 0 aromatic heterocycles. The van der Waals surface area contributed by atoms with Crippen molar-refractivity contribution in [3.63, 3.8) is 0 Å². The van der Waals surface area contributed by atoms with Gasteiger partial charge in [0, 0.05) is 25.9 Å². The Hall–Kier alpha value is -3.40. The first kappa shape index (κ1) is 23.3. The van der Waals surface area contributed by atoms with E-state index >= 15 is 0 Å². The maximum Gasteiger partial charge on any atom is 0.243 e. The first-order valence-electron chi connectivity index (χ1n) is 11.3. The van der Waals surface area contributed by atoms with Crippen LogP contribution in [0.1, 0.15) is 35.6 Å². The van der Waals surface area contributed by atoms with E-state index in [0.717, 1.165) is 16.7 Å². The fraction of sp³-hybridized carbons (Fsp3) is 0.286. The SMILES string of the molecule is CCNC(=O)C(Cc1ccccc1)N(Cc1ccc(C)cc1)C(=O)CCc1ccccc1. The van der Waals surface area contributed by atoms with Crippen LogP contribution in [0.25, 0.3) is 0 Å². The van der Waals surface area contributed by atoms with Crippen LogP contribution in [-0.4, -0.2) is 29.3 Å².